The maximum absolute atomic E-state index is 13.7. The van der Waals surface area contributed by atoms with Crippen LogP contribution in [0.1, 0.15) is 65.0 Å². The van der Waals surface area contributed by atoms with E-state index < -0.39 is 10.8 Å². The highest BCUT2D eigenvalue weighted by atomic mass is 16.2. The molecule has 0 unspecified atom stereocenters. The van der Waals surface area contributed by atoms with Crippen molar-refractivity contribution in [3.05, 3.63) is 47.0 Å². The molecular weight excluding hydrogens is 308 g/mol. The minimum absolute atomic E-state index is 0.0874. The number of hydrogen-bond donors (Lipinski definition) is 0. The lowest BCUT2D eigenvalue weighted by Crippen LogP contribution is -2.52. The minimum atomic E-state index is -0.992. The summed E-state index contributed by atoms with van der Waals surface area (Å²) in [5, 5.41) is 0. The van der Waals surface area contributed by atoms with Crippen LogP contribution < -0.4 is 0 Å². The molecule has 134 valence electrons. The van der Waals surface area contributed by atoms with Crippen LogP contribution in [0.3, 0.4) is 0 Å². The highest BCUT2D eigenvalue weighted by molar-refractivity contribution is 6.18. The van der Waals surface area contributed by atoms with E-state index in [9.17, 15) is 9.59 Å². The first-order chi connectivity index (χ1) is 11.4. The molecule has 0 N–H and O–H groups in total. The van der Waals surface area contributed by atoms with E-state index in [0.29, 0.717) is 6.42 Å². The van der Waals surface area contributed by atoms with Crippen molar-refractivity contribution in [3.63, 3.8) is 0 Å². The third-order valence-electron chi connectivity index (χ3n) is 6.16. The van der Waals surface area contributed by atoms with Crippen molar-refractivity contribution in [1.82, 2.24) is 0 Å². The number of Topliss-reactive ketones (excluding diaryl/α,β-unsaturated/α-hetero) is 2. The number of allylic oxidation sites excluding steroid dienone is 2. The summed E-state index contributed by atoms with van der Waals surface area (Å²) < 4.78 is 0. The third-order valence-corrected chi connectivity index (χ3v) is 6.16. The summed E-state index contributed by atoms with van der Waals surface area (Å²) in [6.07, 6.45) is 2.66. The van der Waals surface area contributed by atoms with Gasteiger partial charge in [0, 0.05) is 11.8 Å². The van der Waals surface area contributed by atoms with Crippen LogP contribution in [0.15, 0.2) is 35.9 Å². The maximum Gasteiger partial charge on any atom is 0.158 e. The fourth-order valence-electron chi connectivity index (χ4n) is 4.65. The van der Waals surface area contributed by atoms with Crippen molar-refractivity contribution in [3.8, 4) is 0 Å². The first-order valence-electron chi connectivity index (χ1n) is 9.28. The summed E-state index contributed by atoms with van der Waals surface area (Å²) in [4.78, 5) is 27.0. The van der Waals surface area contributed by atoms with Crippen LogP contribution in [0, 0.1) is 29.1 Å². The van der Waals surface area contributed by atoms with Gasteiger partial charge in [0.15, 0.2) is 11.6 Å². The monoisotopic (exact) mass is 338 g/mol. The van der Waals surface area contributed by atoms with Crippen LogP contribution in [-0.4, -0.2) is 11.6 Å². The van der Waals surface area contributed by atoms with Gasteiger partial charge in [-0.05, 0) is 29.7 Å². The number of fused-ring (bicyclic) bond motifs is 2. The fraction of sp³-hybridized carbons (Fsp3) is 0.565. The first-order valence-corrected chi connectivity index (χ1v) is 9.28. The van der Waals surface area contributed by atoms with Gasteiger partial charge in [0.1, 0.15) is 5.41 Å². The number of rotatable bonds is 1. The Hall–Kier alpha value is -1.70. The molecule has 0 saturated heterocycles. The summed E-state index contributed by atoms with van der Waals surface area (Å²) in [6.45, 7) is 14.6. The summed E-state index contributed by atoms with van der Waals surface area (Å²) in [5.74, 6) is -0.121. The molecule has 0 aromatic heterocycles. The zero-order valence-electron chi connectivity index (χ0n) is 16.6. The predicted octanol–water partition coefficient (Wildman–Crippen LogP) is 5.26. The third kappa shape index (κ3) is 2.53. The Morgan fingerprint density at radius 3 is 1.88 bits per heavy atom. The van der Waals surface area contributed by atoms with Gasteiger partial charge in [0.05, 0.1) is 0 Å². The number of ketones is 2. The van der Waals surface area contributed by atoms with Crippen molar-refractivity contribution in [2.45, 2.75) is 60.8 Å². The van der Waals surface area contributed by atoms with E-state index in [0.717, 1.165) is 11.1 Å². The Labute approximate surface area is 151 Å². The summed E-state index contributed by atoms with van der Waals surface area (Å²) in [6, 6.07) is 8.23. The molecule has 1 aromatic carbocycles. The van der Waals surface area contributed by atoms with E-state index in [-0.39, 0.29) is 28.8 Å². The molecule has 2 heteroatoms. The van der Waals surface area contributed by atoms with Crippen LogP contribution in [0.5, 0.6) is 0 Å². The van der Waals surface area contributed by atoms with Gasteiger partial charge in [-0.15, -0.1) is 0 Å². The van der Waals surface area contributed by atoms with E-state index in [1.54, 1.807) is 0 Å². The van der Waals surface area contributed by atoms with Crippen LogP contribution >= 0.6 is 0 Å². The smallest absolute Gasteiger partial charge is 0.158 e. The molecule has 0 heterocycles. The summed E-state index contributed by atoms with van der Waals surface area (Å²) in [7, 11) is 0. The highest BCUT2D eigenvalue weighted by Crippen LogP contribution is 2.60. The summed E-state index contributed by atoms with van der Waals surface area (Å²) in [5.41, 5.74) is 1.87. The number of benzene rings is 1. The number of carbonyl (C=O) groups is 2. The molecule has 2 aliphatic carbocycles. The zero-order chi connectivity index (χ0) is 18.8. The van der Waals surface area contributed by atoms with Gasteiger partial charge in [-0.1, -0.05) is 83.0 Å². The molecule has 0 radical (unpaired) electrons. The molecule has 25 heavy (non-hydrogen) atoms. The van der Waals surface area contributed by atoms with Crippen LogP contribution in [0.25, 0.3) is 0 Å². The lowest BCUT2D eigenvalue weighted by Gasteiger charge is -2.44. The van der Waals surface area contributed by atoms with Crippen molar-refractivity contribution in [2.75, 3.05) is 0 Å². The van der Waals surface area contributed by atoms with Gasteiger partial charge in [0.2, 0.25) is 0 Å². The molecule has 2 aliphatic rings. The topological polar surface area (TPSA) is 34.1 Å². The van der Waals surface area contributed by atoms with Crippen LogP contribution in [-0.2, 0) is 9.59 Å². The lowest BCUT2D eigenvalue weighted by molar-refractivity contribution is -0.149. The number of hydrogen-bond acceptors (Lipinski definition) is 2. The number of aryl methyl sites for hydroxylation is 1. The Bertz CT molecular complexity index is 753. The lowest BCUT2D eigenvalue weighted by atomic mass is 9.55. The molecule has 2 bridgehead atoms. The zero-order valence-corrected chi connectivity index (χ0v) is 16.6. The Morgan fingerprint density at radius 1 is 0.880 bits per heavy atom. The SMILES string of the molecule is Cc1ccc([C@H]2C[C@H]3C(=O)[C@](C(C)(C)C)(C=C3C(C)(C)C)C2=O)cc1. The van der Waals surface area contributed by atoms with Gasteiger partial charge in [-0.2, -0.15) is 0 Å². The molecule has 0 spiro atoms. The second kappa shape index (κ2) is 5.40. The molecular formula is C23H30O2. The molecule has 0 amide bonds. The van der Waals surface area contributed by atoms with E-state index in [1.807, 2.05) is 20.8 Å². The van der Waals surface area contributed by atoms with E-state index in [2.05, 4.69) is 58.0 Å². The van der Waals surface area contributed by atoms with Gasteiger partial charge in [-0.3, -0.25) is 9.59 Å². The Kier molecular flexibility index (Phi) is 3.91. The van der Waals surface area contributed by atoms with Crippen LogP contribution in [0.4, 0.5) is 0 Å². The largest absolute Gasteiger partial charge is 0.298 e. The van der Waals surface area contributed by atoms with Crippen molar-refractivity contribution in [2.24, 2.45) is 22.2 Å². The van der Waals surface area contributed by atoms with Crippen molar-refractivity contribution in [1.29, 1.82) is 0 Å². The summed E-state index contributed by atoms with van der Waals surface area (Å²) >= 11 is 0. The van der Waals surface area contributed by atoms with E-state index in [4.69, 9.17) is 0 Å². The standard InChI is InChI=1S/C23H30O2/c1-14-8-10-15(11-9-14)16-12-17-18(21(2,3)4)13-23(19(16)24,20(17)25)22(5,6)7/h8-11,13,16-17H,12H2,1-7H3/t16-,17-,23+/m1/s1. The minimum Gasteiger partial charge on any atom is -0.298 e. The van der Waals surface area contributed by atoms with Gasteiger partial charge in [-0.25, -0.2) is 0 Å². The second-order valence-corrected chi connectivity index (χ2v) is 9.89. The van der Waals surface area contributed by atoms with Crippen molar-refractivity contribution < 1.29 is 9.59 Å². The van der Waals surface area contributed by atoms with E-state index >= 15 is 0 Å². The maximum atomic E-state index is 13.7. The molecule has 3 rings (SSSR count). The van der Waals surface area contributed by atoms with Gasteiger partial charge < -0.3 is 0 Å². The molecule has 1 saturated carbocycles. The first kappa shape index (κ1) is 18.1. The molecule has 0 aliphatic heterocycles. The van der Waals surface area contributed by atoms with Crippen LogP contribution in [0.2, 0.25) is 0 Å². The Morgan fingerprint density at radius 2 is 1.40 bits per heavy atom. The number of carbonyl (C=O) groups excluding carboxylic acids is 2. The quantitative estimate of drug-likeness (QED) is 0.517. The highest BCUT2D eigenvalue weighted by Gasteiger charge is 2.64. The molecule has 1 fully saturated rings. The predicted molar refractivity (Wildman–Crippen MR) is 101 cm³/mol. The van der Waals surface area contributed by atoms with E-state index in [1.165, 1.54) is 5.56 Å². The van der Waals surface area contributed by atoms with Crippen molar-refractivity contribution >= 4 is 11.6 Å². The Balaban J connectivity index is 2.17. The second-order valence-electron chi connectivity index (χ2n) is 9.89. The fourth-order valence-corrected chi connectivity index (χ4v) is 4.65. The van der Waals surface area contributed by atoms with Gasteiger partial charge >= 0.3 is 0 Å². The molecule has 3 atom stereocenters. The average Bonchev–Trinajstić information content (AvgIpc) is 2.69. The normalized spacial score (nSPS) is 29.8. The molecule has 2 nitrogen and oxygen atoms in total. The molecule has 1 aromatic rings. The van der Waals surface area contributed by atoms with Gasteiger partial charge in [0.25, 0.3) is 0 Å². The average molecular weight is 338 g/mol.